The van der Waals surface area contributed by atoms with E-state index in [4.69, 9.17) is 4.74 Å². The summed E-state index contributed by atoms with van der Waals surface area (Å²) in [4.78, 5) is 28.3. The Bertz CT molecular complexity index is 1000. The number of carbonyl (C=O) groups is 2. The summed E-state index contributed by atoms with van der Waals surface area (Å²) in [6.45, 7) is 2.31. The minimum atomic E-state index is -1.16. The molecule has 2 aromatic carbocycles. The molecular formula is C21H20F2N2O3S. The number of rotatable bonds is 4. The summed E-state index contributed by atoms with van der Waals surface area (Å²) in [5, 5.41) is 0. The summed E-state index contributed by atoms with van der Waals surface area (Å²) in [6, 6.07) is 8.90. The SMILES string of the molecule is CCC(=O)N1CCS[C@]12C(=O)N(Cc1ccc(F)c(F)c1)c1ccc(OC)cc12. The van der Waals surface area contributed by atoms with Crippen molar-refractivity contribution in [3.05, 3.63) is 59.2 Å². The molecule has 0 aliphatic carbocycles. The van der Waals surface area contributed by atoms with Crippen LogP contribution in [0, 0.1) is 11.6 Å². The van der Waals surface area contributed by atoms with Crippen LogP contribution in [0.3, 0.4) is 0 Å². The van der Waals surface area contributed by atoms with Gasteiger partial charge >= 0.3 is 0 Å². The van der Waals surface area contributed by atoms with Crippen LogP contribution in [0.5, 0.6) is 5.75 Å². The standard InChI is InChI=1S/C21H20F2N2O3S/c1-3-19(26)25-8-9-29-21(25)15-11-14(28-2)5-7-18(15)24(20(21)27)12-13-4-6-16(22)17(23)10-13/h4-7,10-11H,3,8-9,12H2,1-2H3/t21-/m1/s1. The summed E-state index contributed by atoms with van der Waals surface area (Å²) in [5.74, 6) is -1.04. The van der Waals surface area contributed by atoms with Crippen LogP contribution in [-0.2, 0) is 21.0 Å². The van der Waals surface area contributed by atoms with Crippen molar-refractivity contribution >= 4 is 29.3 Å². The van der Waals surface area contributed by atoms with Crippen LogP contribution in [-0.4, -0.2) is 36.1 Å². The van der Waals surface area contributed by atoms with Gasteiger partial charge in [0, 0.05) is 24.3 Å². The Hall–Kier alpha value is -2.61. The van der Waals surface area contributed by atoms with Crippen molar-refractivity contribution in [1.82, 2.24) is 4.90 Å². The first-order valence-electron chi connectivity index (χ1n) is 9.31. The quantitative estimate of drug-likeness (QED) is 0.761. The van der Waals surface area contributed by atoms with Crippen molar-refractivity contribution < 1.29 is 23.1 Å². The number of halogens is 2. The molecule has 0 radical (unpaired) electrons. The van der Waals surface area contributed by atoms with E-state index in [1.165, 1.54) is 22.7 Å². The first-order chi connectivity index (χ1) is 13.9. The monoisotopic (exact) mass is 418 g/mol. The second kappa shape index (κ2) is 7.33. The molecule has 0 saturated carbocycles. The molecule has 2 aromatic rings. The number of ether oxygens (including phenoxy) is 1. The van der Waals surface area contributed by atoms with Crippen molar-refractivity contribution in [2.24, 2.45) is 0 Å². The van der Waals surface area contributed by atoms with Gasteiger partial charge in [-0.3, -0.25) is 9.59 Å². The highest BCUT2D eigenvalue weighted by Gasteiger charge is 2.59. The maximum atomic E-state index is 13.7. The smallest absolute Gasteiger partial charge is 0.268 e. The van der Waals surface area contributed by atoms with Gasteiger partial charge in [0.15, 0.2) is 16.5 Å². The average Bonchev–Trinajstić information content (AvgIpc) is 3.27. The van der Waals surface area contributed by atoms with Gasteiger partial charge in [-0.2, -0.15) is 0 Å². The second-order valence-corrected chi connectivity index (χ2v) is 8.20. The van der Waals surface area contributed by atoms with Gasteiger partial charge in [0.25, 0.3) is 5.91 Å². The van der Waals surface area contributed by atoms with E-state index >= 15 is 0 Å². The zero-order valence-corrected chi connectivity index (χ0v) is 16.9. The predicted octanol–water partition coefficient (Wildman–Crippen LogP) is 3.66. The molecule has 2 amide bonds. The molecule has 1 fully saturated rings. The highest BCUT2D eigenvalue weighted by Crippen LogP contribution is 2.55. The largest absolute Gasteiger partial charge is 0.497 e. The van der Waals surface area contributed by atoms with Crippen molar-refractivity contribution in [2.45, 2.75) is 24.8 Å². The lowest BCUT2D eigenvalue weighted by Crippen LogP contribution is -2.50. The number of hydrogen-bond donors (Lipinski definition) is 0. The van der Waals surface area contributed by atoms with E-state index in [1.54, 1.807) is 37.1 Å². The number of thioether (sulfide) groups is 1. The fraction of sp³-hybridized carbons (Fsp3) is 0.333. The maximum Gasteiger partial charge on any atom is 0.268 e. The van der Waals surface area contributed by atoms with Crippen molar-refractivity contribution in [2.75, 3.05) is 24.3 Å². The lowest BCUT2D eigenvalue weighted by atomic mass is 10.0. The molecule has 1 saturated heterocycles. The second-order valence-electron chi connectivity index (χ2n) is 6.91. The lowest BCUT2D eigenvalue weighted by molar-refractivity contribution is -0.139. The van der Waals surface area contributed by atoms with Gasteiger partial charge < -0.3 is 14.5 Å². The predicted molar refractivity (Wildman–Crippen MR) is 107 cm³/mol. The van der Waals surface area contributed by atoms with E-state index < -0.39 is 16.5 Å². The summed E-state index contributed by atoms with van der Waals surface area (Å²) in [7, 11) is 1.54. The van der Waals surface area contributed by atoms with Gasteiger partial charge in [-0.25, -0.2) is 8.78 Å². The molecule has 2 heterocycles. The molecule has 1 atom stereocenters. The van der Waals surface area contributed by atoms with Crippen LogP contribution in [0.4, 0.5) is 14.5 Å². The Balaban J connectivity index is 1.82. The molecule has 0 unspecified atom stereocenters. The van der Waals surface area contributed by atoms with Gasteiger partial charge in [0.1, 0.15) is 5.75 Å². The van der Waals surface area contributed by atoms with E-state index in [-0.39, 0.29) is 24.8 Å². The molecule has 1 spiro atoms. The first kappa shape index (κ1) is 19.7. The fourth-order valence-electron chi connectivity index (χ4n) is 3.95. The van der Waals surface area contributed by atoms with Crippen molar-refractivity contribution in [3.63, 3.8) is 0 Å². The topological polar surface area (TPSA) is 49.9 Å². The number of methoxy groups -OCH3 is 1. The van der Waals surface area contributed by atoms with Crippen LogP contribution in [0.15, 0.2) is 36.4 Å². The maximum absolute atomic E-state index is 13.7. The van der Waals surface area contributed by atoms with Crippen LogP contribution < -0.4 is 9.64 Å². The molecule has 29 heavy (non-hydrogen) atoms. The minimum Gasteiger partial charge on any atom is -0.497 e. The zero-order valence-electron chi connectivity index (χ0n) is 16.1. The highest BCUT2D eigenvalue weighted by molar-refractivity contribution is 8.01. The lowest BCUT2D eigenvalue weighted by Gasteiger charge is -2.33. The van der Waals surface area contributed by atoms with Crippen molar-refractivity contribution in [3.8, 4) is 5.75 Å². The van der Waals surface area contributed by atoms with Crippen LogP contribution in [0.1, 0.15) is 24.5 Å². The molecule has 4 rings (SSSR count). The van der Waals surface area contributed by atoms with Gasteiger partial charge in [-0.05, 0) is 35.9 Å². The summed E-state index contributed by atoms with van der Waals surface area (Å²) < 4.78 is 32.4. The van der Waals surface area contributed by atoms with E-state index in [0.717, 1.165) is 12.1 Å². The van der Waals surface area contributed by atoms with E-state index in [0.29, 0.717) is 34.9 Å². The molecule has 5 nitrogen and oxygen atoms in total. The fourth-order valence-corrected chi connectivity index (χ4v) is 5.42. The zero-order chi connectivity index (χ0) is 20.8. The number of fused-ring (bicyclic) bond motifs is 2. The molecule has 0 bridgehead atoms. The molecule has 152 valence electrons. The number of nitrogens with zero attached hydrogens (tertiary/aromatic N) is 2. The van der Waals surface area contributed by atoms with E-state index in [9.17, 15) is 18.4 Å². The van der Waals surface area contributed by atoms with Crippen molar-refractivity contribution in [1.29, 1.82) is 0 Å². The molecular weight excluding hydrogens is 398 g/mol. The van der Waals surface area contributed by atoms with Gasteiger partial charge in [-0.1, -0.05) is 13.0 Å². The Morgan fingerprint density at radius 3 is 2.69 bits per heavy atom. The average molecular weight is 418 g/mol. The third kappa shape index (κ3) is 2.97. The van der Waals surface area contributed by atoms with Gasteiger partial charge in [0.05, 0.1) is 19.3 Å². The number of amides is 2. The molecule has 0 aromatic heterocycles. The summed E-state index contributed by atoms with van der Waals surface area (Å²) in [6.07, 6.45) is 0.290. The molecule has 2 aliphatic heterocycles. The highest BCUT2D eigenvalue weighted by atomic mass is 32.2. The minimum absolute atomic E-state index is 0.0752. The van der Waals surface area contributed by atoms with Gasteiger partial charge in [-0.15, -0.1) is 11.8 Å². The van der Waals surface area contributed by atoms with E-state index in [2.05, 4.69) is 0 Å². The molecule has 0 N–H and O–H groups in total. The molecule has 8 heteroatoms. The van der Waals surface area contributed by atoms with Crippen LogP contribution >= 0.6 is 11.8 Å². The third-order valence-corrected chi connectivity index (χ3v) is 6.75. The normalized spacial score (nSPS) is 20.5. The van der Waals surface area contributed by atoms with Crippen LogP contribution in [0.25, 0.3) is 0 Å². The summed E-state index contributed by atoms with van der Waals surface area (Å²) >= 11 is 1.42. The molecule has 2 aliphatic rings. The Kier molecular flexibility index (Phi) is 4.98. The van der Waals surface area contributed by atoms with Crippen LogP contribution in [0.2, 0.25) is 0 Å². The number of carbonyl (C=O) groups excluding carboxylic acids is 2. The van der Waals surface area contributed by atoms with E-state index in [1.807, 2.05) is 0 Å². The number of hydrogen-bond acceptors (Lipinski definition) is 4. The van der Waals surface area contributed by atoms with Gasteiger partial charge in [0.2, 0.25) is 5.91 Å². The number of benzene rings is 2. The third-order valence-electron chi connectivity index (χ3n) is 5.33. The Morgan fingerprint density at radius 2 is 2.00 bits per heavy atom. The summed E-state index contributed by atoms with van der Waals surface area (Å²) in [5.41, 5.74) is 1.80. The Morgan fingerprint density at radius 1 is 1.21 bits per heavy atom. The Labute approximate surface area is 171 Å². The first-order valence-corrected chi connectivity index (χ1v) is 10.3. The number of anilines is 1.